The van der Waals surface area contributed by atoms with Crippen LogP contribution in [0.15, 0.2) is 0 Å². The van der Waals surface area contributed by atoms with Crippen LogP contribution in [0, 0.1) is 0 Å². The predicted molar refractivity (Wildman–Crippen MR) is 66.6 cm³/mol. The molecule has 0 aromatic heterocycles. The van der Waals surface area contributed by atoms with E-state index in [1.807, 2.05) is 20.8 Å². The third-order valence-corrected chi connectivity index (χ3v) is 2.93. The average molecular weight is 272 g/mol. The zero-order valence-electron chi connectivity index (χ0n) is 11.5. The number of carboxylic acid groups (broad SMARTS) is 1. The highest BCUT2D eigenvalue weighted by molar-refractivity contribution is 5.94. The molecule has 0 aromatic rings. The summed E-state index contributed by atoms with van der Waals surface area (Å²) >= 11 is 0. The molecule has 0 bridgehead atoms. The van der Waals surface area contributed by atoms with Crippen LogP contribution in [-0.2, 0) is 14.3 Å². The SMILES string of the molecule is CC(C)(C)N(CCC(=O)O)CC(=O)N1CCOC1=O. The number of ether oxygens (including phenoxy) is 1. The normalized spacial score (nSPS) is 15.8. The van der Waals surface area contributed by atoms with Crippen LogP contribution >= 0.6 is 0 Å². The van der Waals surface area contributed by atoms with Crippen molar-refractivity contribution >= 4 is 18.0 Å². The molecule has 0 radical (unpaired) electrons. The lowest BCUT2D eigenvalue weighted by Crippen LogP contribution is -2.49. The van der Waals surface area contributed by atoms with E-state index in [4.69, 9.17) is 9.84 Å². The topological polar surface area (TPSA) is 87.2 Å². The Hall–Kier alpha value is -1.63. The number of aliphatic carboxylic acids is 1. The van der Waals surface area contributed by atoms with Crippen molar-refractivity contribution in [3.63, 3.8) is 0 Å². The van der Waals surface area contributed by atoms with Gasteiger partial charge in [0.15, 0.2) is 0 Å². The van der Waals surface area contributed by atoms with Crippen LogP contribution in [0.5, 0.6) is 0 Å². The molecule has 0 unspecified atom stereocenters. The first-order chi connectivity index (χ1) is 8.71. The van der Waals surface area contributed by atoms with Gasteiger partial charge in [0, 0.05) is 12.1 Å². The Balaban J connectivity index is 2.63. The molecule has 1 aliphatic heterocycles. The van der Waals surface area contributed by atoms with E-state index >= 15 is 0 Å². The van der Waals surface area contributed by atoms with Crippen molar-refractivity contribution in [2.75, 3.05) is 26.2 Å². The third-order valence-electron chi connectivity index (χ3n) is 2.93. The number of amides is 2. The number of rotatable bonds is 5. The number of cyclic esters (lactones) is 1. The largest absolute Gasteiger partial charge is 0.481 e. The molecule has 0 saturated carbocycles. The van der Waals surface area contributed by atoms with Gasteiger partial charge in [0.2, 0.25) is 5.91 Å². The predicted octanol–water partition coefficient (Wildman–Crippen LogP) is 0.540. The highest BCUT2D eigenvalue weighted by Crippen LogP contribution is 2.15. The first-order valence-electron chi connectivity index (χ1n) is 6.16. The Morgan fingerprint density at radius 1 is 1.42 bits per heavy atom. The summed E-state index contributed by atoms with van der Waals surface area (Å²) in [6.45, 7) is 6.42. The second kappa shape index (κ2) is 6.01. The number of hydrogen-bond donors (Lipinski definition) is 1. The van der Waals surface area contributed by atoms with Crippen LogP contribution in [-0.4, -0.2) is 64.7 Å². The molecule has 0 aromatic carbocycles. The molecule has 0 aliphatic carbocycles. The first-order valence-corrected chi connectivity index (χ1v) is 6.16. The molecule has 1 fully saturated rings. The second-order valence-corrected chi connectivity index (χ2v) is 5.40. The number of hydrogen-bond acceptors (Lipinski definition) is 5. The van der Waals surface area contributed by atoms with Crippen molar-refractivity contribution in [3.8, 4) is 0 Å². The summed E-state index contributed by atoms with van der Waals surface area (Å²) in [6, 6.07) is 0. The molecule has 1 heterocycles. The summed E-state index contributed by atoms with van der Waals surface area (Å²) < 4.78 is 4.71. The third kappa shape index (κ3) is 4.51. The molecular weight excluding hydrogens is 252 g/mol. The standard InChI is InChI=1S/C12H20N2O5/c1-12(2,3)13(5-4-10(16)17)8-9(15)14-6-7-19-11(14)18/h4-8H2,1-3H3,(H,16,17). The first kappa shape index (κ1) is 15.4. The molecule has 0 atom stereocenters. The molecule has 19 heavy (non-hydrogen) atoms. The van der Waals surface area contributed by atoms with Gasteiger partial charge in [0.05, 0.1) is 19.5 Å². The zero-order valence-corrected chi connectivity index (χ0v) is 11.5. The van der Waals surface area contributed by atoms with Crippen LogP contribution in [0.1, 0.15) is 27.2 Å². The summed E-state index contributed by atoms with van der Waals surface area (Å²) in [4.78, 5) is 36.7. The van der Waals surface area contributed by atoms with Crippen molar-refractivity contribution in [1.29, 1.82) is 0 Å². The maximum absolute atomic E-state index is 12.0. The minimum atomic E-state index is -0.915. The van der Waals surface area contributed by atoms with E-state index in [1.54, 1.807) is 4.90 Å². The summed E-state index contributed by atoms with van der Waals surface area (Å²) in [5.74, 6) is -1.27. The summed E-state index contributed by atoms with van der Waals surface area (Å²) in [5.41, 5.74) is -0.352. The molecule has 1 N–H and O–H groups in total. The fourth-order valence-electron chi connectivity index (χ4n) is 1.75. The van der Waals surface area contributed by atoms with E-state index in [1.165, 1.54) is 0 Å². The van der Waals surface area contributed by atoms with Crippen LogP contribution in [0.3, 0.4) is 0 Å². The van der Waals surface area contributed by atoms with E-state index in [0.717, 1.165) is 4.90 Å². The fourth-order valence-corrected chi connectivity index (χ4v) is 1.75. The van der Waals surface area contributed by atoms with Gasteiger partial charge in [0.1, 0.15) is 6.61 Å². The molecule has 1 aliphatic rings. The summed E-state index contributed by atoms with van der Waals surface area (Å²) in [7, 11) is 0. The van der Waals surface area contributed by atoms with Crippen molar-refractivity contribution in [2.45, 2.75) is 32.7 Å². The van der Waals surface area contributed by atoms with Crippen molar-refractivity contribution < 1.29 is 24.2 Å². The summed E-state index contributed by atoms with van der Waals surface area (Å²) in [6.07, 6.45) is -0.674. The van der Waals surface area contributed by atoms with Crippen LogP contribution in [0.2, 0.25) is 0 Å². The minimum Gasteiger partial charge on any atom is -0.481 e. The van der Waals surface area contributed by atoms with E-state index in [9.17, 15) is 14.4 Å². The van der Waals surface area contributed by atoms with Gasteiger partial charge < -0.3 is 9.84 Å². The van der Waals surface area contributed by atoms with Crippen LogP contribution in [0.25, 0.3) is 0 Å². The van der Waals surface area contributed by atoms with E-state index in [2.05, 4.69) is 0 Å². The molecule has 1 rings (SSSR count). The summed E-state index contributed by atoms with van der Waals surface area (Å²) in [5, 5.41) is 8.72. The lowest BCUT2D eigenvalue weighted by atomic mass is 10.1. The smallest absolute Gasteiger partial charge is 0.416 e. The van der Waals surface area contributed by atoms with Gasteiger partial charge in [-0.25, -0.2) is 9.69 Å². The van der Waals surface area contributed by atoms with Gasteiger partial charge in [-0.05, 0) is 20.8 Å². The molecule has 7 heteroatoms. The Labute approximate surface area is 112 Å². The lowest BCUT2D eigenvalue weighted by Gasteiger charge is -2.35. The van der Waals surface area contributed by atoms with Crippen molar-refractivity contribution in [2.24, 2.45) is 0 Å². The highest BCUT2D eigenvalue weighted by atomic mass is 16.6. The van der Waals surface area contributed by atoms with Gasteiger partial charge in [-0.3, -0.25) is 14.5 Å². The minimum absolute atomic E-state index is 0.00583. The van der Waals surface area contributed by atoms with Crippen LogP contribution < -0.4 is 0 Å². The quantitative estimate of drug-likeness (QED) is 0.786. The van der Waals surface area contributed by atoms with Gasteiger partial charge in [-0.1, -0.05) is 0 Å². The number of carboxylic acids is 1. The lowest BCUT2D eigenvalue weighted by molar-refractivity contribution is -0.139. The Bertz CT molecular complexity index is 375. The molecule has 2 amide bonds. The Morgan fingerprint density at radius 2 is 2.05 bits per heavy atom. The van der Waals surface area contributed by atoms with Gasteiger partial charge in [0.25, 0.3) is 0 Å². The van der Waals surface area contributed by atoms with Crippen molar-refractivity contribution in [1.82, 2.24) is 9.80 Å². The fraction of sp³-hybridized carbons (Fsp3) is 0.750. The Kier molecular flexibility index (Phi) is 4.88. The average Bonchev–Trinajstić information content (AvgIpc) is 2.68. The van der Waals surface area contributed by atoms with E-state index in [-0.39, 0.29) is 44.1 Å². The van der Waals surface area contributed by atoms with Gasteiger partial charge in [-0.2, -0.15) is 0 Å². The Morgan fingerprint density at radius 3 is 2.47 bits per heavy atom. The highest BCUT2D eigenvalue weighted by Gasteiger charge is 2.32. The van der Waals surface area contributed by atoms with Gasteiger partial charge in [-0.15, -0.1) is 0 Å². The van der Waals surface area contributed by atoms with Gasteiger partial charge >= 0.3 is 12.1 Å². The van der Waals surface area contributed by atoms with Crippen LogP contribution in [0.4, 0.5) is 4.79 Å². The second-order valence-electron chi connectivity index (χ2n) is 5.40. The molecule has 1 saturated heterocycles. The van der Waals surface area contributed by atoms with E-state index < -0.39 is 12.1 Å². The maximum Gasteiger partial charge on any atom is 0.416 e. The molecular formula is C12H20N2O5. The number of nitrogens with zero attached hydrogens (tertiary/aromatic N) is 2. The monoisotopic (exact) mass is 272 g/mol. The maximum atomic E-state index is 12.0. The number of carbonyl (C=O) groups is 3. The van der Waals surface area contributed by atoms with E-state index in [0.29, 0.717) is 0 Å². The number of imide groups is 1. The molecule has 108 valence electrons. The molecule has 7 nitrogen and oxygen atoms in total. The zero-order chi connectivity index (χ0) is 14.6. The molecule has 0 spiro atoms. The number of carbonyl (C=O) groups excluding carboxylic acids is 2. The van der Waals surface area contributed by atoms with Crippen molar-refractivity contribution in [3.05, 3.63) is 0 Å².